The van der Waals surface area contributed by atoms with Crippen molar-refractivity contribution >= 4 is 11.8 Å². The Bertz CT molecular complexity index is 817. The molecule has 0 atom stereocenters. The summed E-state index contributed by atoms with van der Waals surface area (Å²) < 4.78 is 5.71. The maximum absolute atomic E-state index is 12.7. The average Bonchev–Trinajstić information content (AvgIpc) is 3.27. The van der Waals surface area contributed by atoms with Gasteiger partial charge in [0.15, 0.2) is 0 Å². The molecule has 0 N–H and O–H groups in total. The number of amides is 2. The van der Waals surface area contributed by atoms with E-state index in [1.807, 2.05) is 0 Å². The molecule has 0 unspecified atom stereocenters. The van der Waals surface area contributed by atoms with E-state index in [1.165, 1.54) is 0 Å². The van der Waals surface area contributed by atoms with Crippen molar-refractivity contribution in [2.45, 2.75) is 32.0 Å². The highest BCUT2D eigenvalue weighted by atomic mass is 16.4. The van der Waals surface area contributed by atoms with Gasteiger partial charge in [-0.3, -0.25) is 14.6 Å². The number of aromatic nitrogens is 2. The Labute approximate surface area is 157 Å². The molecular formula is C19H23N5O3. The van der Waals surface area contributed by atoms with E-state index in [1.54, 1.807) is 34.3 Å². The maximum Gasteiger partial charge on any atom is 0.309 e. The topological polar surface area (TPSA) is 82.8 Å². The summed E-state index contributed by atoms with van der Waals surface area (Å²) >= 11 is 0. The molecule has 0 bridgehead atoms. The lowest BCUT2D eigenvalue weighted by Crippen LogP contribution is -2.44. The first-order valence-electron chi connectivity index (χ1n) is 9.16. The van der Waals surface area contributed by atoms with Crippen molar-refractivity contribution in [1.29, 1.82) is 0 Å². The molecular weight excluding hydrogens is 346 g/mol. The molecule has 2 aliphatic rings. The first-order chi connectivity index (χ1) is 13.0. The molecule has 8 nitrogen and oxygen atoms in total. The standard InChI is InChI=1S/C19H23N5O3/c1-22(2)14-5-8-23(9-6-14)19(26)17-21-15-11-24(12-16(15)27-17)18(25)13-4-3-7-20-10-13/h3-4,7,10,14H,5-6,8-9,11-12H2,1-2H3. The molecule has 0 aromatic carbocycles. The predicted octanol–water partition coefficient (Wildman–Crippen LogP) is 1.39. The summed E-state index contributed by atoms with van der Waals surface area (Å²) in [6, 6.07) is 3.97. The van der Waals surface area contributed by atoms with Crippen LogP contribution in [0, 0.1) is 0 Å². The monoisotopic (exact) mass is 369 g/mol. The summed E-state index contributed by atoms with van der Waals surface area (Å²) in [5.74, 6) is 0.456. The lowest BCUT2D eigenvalue weighted by molar-refractivity contribution is 0.0618. The van der Waals surface area contributed by atoms with Gasteiger partial charge in [-0.15, -0.1) is 0 Å². The maximum atomic E-state index is 12.7. The fraction of sp³-hybridized carbons (Fsp3) is 0.474. The van der Waals surface area contributed by atoms with E-state index in [9.17, 15) is 9.59 Å². The third-order valence-corrected chi connectivity index (χ3v) is 5.31. The first-order valence-corrected chi connectivity index (χ1v) is 9.16. The minimum Gasteiger partial charge on any atom is -0.435 e. The van der Waals surface area contributed by atoms with Crippen LogP contribution in [0.2, 0.25) is 0 Å². The number of piperidine rings is 1. The smallest absolute Gasteiger partial charge is 0.309 e. The number of pyridine rings is 1. The van der Waals surface area contributed by atoms with Gasteiger partial charge in [0.25, 0.3) is 11.8 Å². The van der Waals surface area contributed by atoms with Gasteiger partial charge in [-0.1, -0.05) is 0 Å². The highest BCUT2D eigenvalue weighted by Gasteiger charge is 2.33. The number of carbonyl (C=O) groups excluding carboxylic acids is 2. The first kappa shape index (κ1) is 17.7. The number of rotatable bonds is 3. The molecule has 8 heteroatoms. The van der Waals surface area contributed by atoms with E-state index in [2.05, 4.69) is 29.0 Å². The van der Waals surface area contributed by atoms with Crippen LogP contribution in [-0.2, 0) is 13.1 Å². The van der Waals surface area contributed by atoms with Crippen LogP contribution in [-0.4, -0.2) is 69.7 Å². The Kier molecular flexibility index (Phi) is 4.65. The lowest BCUT2D eigenvalue weighted by Gasteiger charge is -2.34. The van der Waals surface area contributed by atoms with Crippen molar-refractivity contribution in [3.8, 4) is 0 Å². The number of fused-ring (bicyclic) bond motifs is 1. The van der Waals surface area contributed by atoms with Crippen LogP contribution >= 0.6 is 0 Å². The number of carbonyl (C=O) groups is 2. The number of hydrogen-bond acceptors (Lipinski definition) is 6. The summed E-state index contributed by atoms with van der Waals surface area (Å²) in [7, 11) is 4.14. The van der Waals surface area contributed by atoms with Gasteiger partial charge in [0.2, 0.25) is 0 Å². The molecule has 0 saturated carbocycles. The van der Waals surface area contributed by atoms with Crippen LogP contribution in [0.15, 0.2) is 28.9 Å². The predicted molar refractivity (Wildman–Crippen MR) is 96.9 cm³/mol. The number of oxazole rings is 1. The fourth-order valence-electron chi connectivity index (χ4n) is 3.67. The third-order valence-electron chi connectivity index (χ3n) is 5.31. The summed E-state index contributed by atoms with van der Waals surface area (Å²) in [4.78, 5) is 39.2. The van der Waals surface area contributed by atoms with Crippen LogP contribution in [0.4, 0.5) is 0 Å². The third kappa shape index (κ3) is 3.44. The van der Waals surface area contributed by atoms with Crippen LogP contribution < -0.4 is 0 Å². The molecule has 4 rings (SSSR count). The number of hydrogen-bond donors (Lipinski definition) is 0. The SMILES string of the molecule is CN(C)C1CCN(C(=O)c2nc3c(o2)CN(C(=O)c2cccnc2)C3)CC1. The van der Waals surface area contributed by atoms with Crippen LogP contribution in [0.5, 0.6) is 0 Å². The van der Waals surface area contributed by atoms with Crippen molar-refractivity contribution in [2.75, 3.05) is 27.2 Å². The van der Waals surface area contributed by atoms with E-state index >= 15 is 0 Å². The molecule has 2 amide bonds. The van der Waals surface area contributed by atoms with Gasteiger partial charge >= 0.3 is 5.91 Å². The van der Waals surface area contributed by atoms with Gasteiger partial charge < -0.3 is 19.1 Å². The van der Waals surface area contributed by atoms with Gasteiger partial charge in [0.1, 0.15) is 11.5 Å². The van der Waals surface area contributed by atoms with Crippen molar-refractivity contribution in [3.63, 3.8) is 0 Å². The second kappa shape index (κ2) is 7.11. The van der Waals surface area contributed by atoms with Crippen LogP contribution in [0.25, 0.3) is 0 Å². The molecule has 0 aliphatic carbocycles. The summed E-state index contributed by atoms with van der Waals surface area (Å²) in [6.45, 7) is 2.09. The molecule has 2 aromatic rings. The molecule has 1 saturated heterocycles. The van der Waals surface area contributed by atoms with Crippen molar-refractivity contribution in [2.24, 2.45) is 0 Å². The molecule has 27 heavy (non-hydrogen) atoms. The minimum atomic E-state index is -0.160. The highest BCUT2D eigenvalue weighted by Crippen LogP contribution is 2.26. The van der Waals surface area contributed by atoms with Gasteiger partial charge in [0, 0.05) is 31.5 Å². The van der Waals surface area contributed by atoms with Crippen molar-refractivity contribution in [1.82, 2.24) is 24.7 Å². The minimum absolute atomic E-state index is 0.116. The zero-order valence-corrected chi connectivity index (χ0v) is 15.6. The second-order valence-electron chi connectivity index (χ2n) is 7.28. The molecule has 1 fully saturated rings. The molecule has 142 valence electrons. The number of nitrogens with zero attached hydrogens (tertiary/aromatic N) is 5. The summed E-state index contributed by atoms with van der Waals surface area (Å²) in [5.41, 5.74) is 1.20. The Hall–Kier alpha value is -2.74. The van der Waals surface area contributed by atoms with Crippen molar-refractivity contribution in [3.05, 3.63) is 47.4 Å². The Balaban J connectivity index is 1.39. The Morgan fingerprint density at radius 2 is 1.93 bits per heavy atom. The van der Waals surface area contributed by atoms with Gasteiger partial charge in [0.05, 0.1) is 18.7 Å². The highest BCUT2D eigenvalue weighted by molar-refractivity contribution is 5.94. The van der Waals surface area contributed by atoms with Gasteiger partial charge in [-0.2, -0.15) is 0 Å². The Morgan fingerprint density at radius 1 is 1.15 bits per heavy atom. The molecule has 2 aliphatic heterocycles. The Morgan fingerprint density at radius 3 is 2.56 bits per heavy atom. The van der Waals surface area contributed by atoms with E-state index in [0.717, 1.165) is 12.8 Å². The summed E-state index contributed by atoms with van der Waals surface area (Å²) in [5, 5.41) is 0. The van der Waals surface area contributed by atoms with Crippen LogP contribution in [0.1, 0.15) is 45.3 Å². The fourth-order valence-corrected chi connectivity index (χ4v) is 3.67. The molecule has 0 radical (unpaired) electrons. The van der Waals surface area contributed by atoms with Crippen molar-refractivity contribution < 1.29 is 14.0 Å². The van der Waals surface area contributed by atoms with E-state index in [4.69, 9.17) is 4.42 Å². The van der Waals surface area contributed by atoms with Gasteiger partial charge in [-0.05, 0) is 39.1 Å². The van der Waals surface area contributed by atoms with E-state index in [0.29, 0.717) is 49.2 Å². The zero-order valence-electron chi connectivity index (χ0n) is 15.6. The zero-order chi connectivity index (χ0) is 19.0. The largest absolute Gasteiger partial charge is 0.435 e. The van der Waals surface area contributed by atoms with Gasteiger partial charge in [-0.25, -0.2) is 4.98 Å². The number of likely N-dealkylation sites (tertiary alicyclic amines) is 1. The van der Waals surface area contributed by atoms with E-state index in [-0.39, 0.29) is 17.7 Å². The lowest BCUT2D eigenvalue weighted by atomic mass is 10.0. The molecule has 0 spiro atoms. The second-order valence-corrected chi connectivity index (χ2v) is 7.28. The van der Waals surface area contributed by atoms with E-state index < -0.39 is 0 Å². The molecule has 2 aromatic heterocycles. The van der Waals surface area contributed by atoms with Crippen LogP contribution in [0.3, 0.4) is 0 Å². The molecule has 4 heterocycles. The normalized spacial score (nSPS) is 17.4. The average molecular weight is 369 g/mol. The quantitative estimate of drug-likeness (QED) is 0.813. The summed E-state index contributed by atoms with van der Waals surface area (Å²) in [6.07, 6.45) is 5.08.